The van der Waals surface area contributed by atoms with E-state index < -0.39 is 11.8 Å². The lowest BCUT2D eigenvalue weighted by Crippen LogP contribution is -2.38. The summed E-state index contributed by atoms with van der Waals surface area (Å²) in [5.41, 5.74) is 35.0. The molecule has 0 aliphatic rings. The molecule has 0 spiro atoms. The molecule has 24 nitrogen and oxygen atoms in total. The van der Waals surface area contributed by atoms with Crippen LogP contribution in [0.15, 0.2) is 65.8 Å². The maximum atomic E-state index is 12.3. The van der Waals surface area contributed by atoms with Gasteiger partial charge in [0.1, 0.15) is 18.1 Å². The third-order valence-corrected chi connectivity index (χ3v) is 10.3. The van der Waals surface area contributed by atoms with E-state index in [4.69, 9.17) is 81.0 Å². The topological polar surface area (TPSA) is 389 Å². The molecule has 0 aliphatic heterocycles. The number of rotatable bonds is 32. The van der Waals surface area contributed by atoms with Crippen molar-refractivity contribution in [3.63, 3.8) is 0 Å². The largest absolute Gasteiger partial charge is 0.494 e. The van der Waals surface area contributed by atoms with Gasteiger partial charge in [0.15, 0.2) is 50.9 Å². The van der Waals surface area contributed by atoms with E-state index in [-0.39, 0.29) is 56.8 Å². The number of ether oxygens (including phenoxy) is 5. The summed E-state index contributed by atoms with van der Waals surface area (Å²) in [6.07, 6.45) is 7.89. The lowest BCUT2D eigenvalue weighted by molar-refractivity contribution is -0.118. The van der Waals surface area contributed by atoms with Crippen LogP contribution in [0.25, 0.3) is 0 Å². The van der Waals surface area contributed by atoms with Gasteiger partial charge in [-0.2, -0.15) is 0 Å². The highest BCUT2D eigenvalue weighted by molar-refractivity contribution is 6.32. The van der Waals surface area contributed by atoms with E-state index in [1.165, 1.54) is 5.56 Å². The average molecular weight is 1090 g/mol. The molecule has 26 heteroatoms. The molecule has 0 aliphatic carbocycles. The van der Waals surface area contributed by atoms with Crippen molar-refractivity contribution in [3.05, 3.63) is 93.6 Å². The van der Waals surface area contributed by atoms with Gasteiger partial charge in [0, 0.05) is 32.8 Å². The van der Waals surface area contributed by atoms with E-state index >= 15 is 0 Å². The summed E-state index contributed by atoms with van der Waals surface area (Å²) >= 11 is 11.6. The van der Waals surface area contributed by atoms with E-state index in [0.717, 1.165) is 81.4 Å². The van der Waals surface area contributed by atoms with Crippen LogP contribution in [0.4, 0.5) is 23.3 Å². The molecule has 0 fully saturated rings. The van der Waals surface area contributed by atoms with Crippen molar-refractivity contribution in [2.75, 3.05) is 102 Å². The van der Waals surface area contributed by atoms with Crippen LogP contribution in [0.5, 0.6) is 11.5 Å². The van der Waals surface area contributed by atoms with Gasteiger partial charge in [-0.05, 0) is 86.8 Å². The van der Waals surface area contributed by atoms with E-state index in [2.05, 4.69) is 77.6 Å². The normalized spacial score (nSPS) is 10.7. The Balaban J connectivity index is 0.000000557. The second kappa shape index (κ2) is 38.3. The van der Waals surface area contributed by atoms with E-state index in [0.29, 0.717) is 78.1 Å². The number of guanidine groups is 1. The van der Waals surface area contributed by atoms with Gasteiger partial charge in [-0.15, -0.1) is 0 Å². The minimum atomic E-state index is -0.674. The number of hydrogen-bond acceptors (Lipinski definition) is 19. The van der Waals surface area contributed by atoms with E-state index in [9.17, 15) is 14.4 Å². The van der Waals surface area contributed by atoms with Crippen LogP contribution in [-0.4, -0.2) is 129 Å². The van der Waals surface area contributed by atoms with Crippen molar-refractivity contribution in [3.8, 4) is 11.5 Å². The molecule has 0 radical (unpaired) electrons. The summed E-state index contributed by atoms with van der Waals surface area (Å²) in [6.45, 7) is 13.7. The molecule has 4 rings (SSSR count). The highest BCUT2D eigenvalue weighted by atomic mass is 35.5. The fraction of sp³-hybridized carbons (Fsp3) is 0.449. The van der Waals surface area contributed by atoms with Gasteiger partial charge >= 0.3 is 0 Å². The number of carbonyl (C=O) groups excluding carboxylic acids is 3. The first kappa shape index (κ1) is 63.9. The molecule has 75 heavy (non-hydrogen) atoms. The molecule has 2 aromatic heterocycles. The van der Waals surface area contributed by atoms with Crippen LogP contribution < -0.4 is 65.1 Å². The Labute approximate surface area is 448 Å². The second-order valence-corrected chi connectivity index (χ2v) is 16.5. The Hall–Kier alpha value is -7.25. The smallest absolute Gasteiger partial charge is 0.280 e. The maximum Gasteiger partial charge on any atom is 0.280 e. The fourth-order valence-electron chi connectivity index (χ4n) is 6.02. The van der Waals surface area contributed by atoms with Gasteiger partial charge in [-0.25, -0.2) is 19.9 Å². The summed E-state index contributed by atoms with van der Waals surface area (Å²) in [5.74, 6) is 0.00787. The van der Waals surface area contributed by atoms with Crippen molar-refractivity contribution >= 4 is 76.5 Å². The number of nitrogen functional groups attached to an aromatic ring is 4. The van der Waals surface area contributed by atoms with E-state index in [1.54, 1.807) is 0 Å². The number of nitrogens with two attached hydrogens (primary N) is 6. The highest BCUT2D eigenvalue weighted by Gasteiger charge is 2.17. The SMILES string of the molecule is C=C(NCCOCCOCCOc1ccc(CCCCN=C(N)NC(=O)c2nc(Cl)c(N)nc2N)cc1)C(=O)NCCOCCC.CCCOc1ccc(CCCCNC(=O)c2nc(Cl)c(N)nc2N)cc1.N=CN. The van der Waals surface area contributed by atoms with Gasteiger partial charge in [-0.3, -0.25) is 30.1 Å². The molecular formula is C49H74Cl2N16O8. The molecule has 0 saturated carbocycles. The number of anilines is 4. The molecule has 17 N–H and O–H groups in total. The standard InChI is InChI=1S/C30H46ClN9O6.C18H24ClN5O2.CH4N2/c1-3-14-43-16-13-36-28(41)21(2)35-12-15-44-17-18-45-19-20-46-23-9-7-22(8-10-23)6-4-5-11-37-30(34)40-29(42)24-26(32)39-27(33)25(31)38-24;1-2-11-26-13-8-6-12(7-9-13)5-3-4-10-22-18(25)14-16(20)24-17(21)15(19)23-14;2-1-3/h7-10,35H,2-6,11-20H2,1H3,(H,36,41)(H4,32,33,39)(H3,34,37,40,42);6-9H,2-5,10-11H2,1H3,(H,22,25)(H4,20,21,24);1H,(H3,2,3). The lowest BCUT2D eigenvalue weighted by Gasteiger charge is -2.11. The van der Waals surface area contributed by atoms with Crippen LogP contribution in [0.2, 0.25) is 10.3 Å². The number of nitrogens with one attached hydrogen (secondary N) is 5. The van der Waals surface area contributed by atoms with Crippen LogP contribution >= 0.6 is 23.2 Å². The van der Waals surface area contributed by atoms with Gasteiger partial charge in [0.25, 0.3) is 17.7 Å². The van der Waals surface area contributed by atoms with Crippen molar-refractivity contribution in [2.45, 2.75) is 65.2 Å². The van der Waals surface area contributed by atoms with Crippen LogP contribution in [0.3, 0.4) is 0 Å². The maximum absolute atomic E-state index is 12.3. The van der Waals surface area contributed by atoms with Crippen LogP contribution in [0, 0.1) is 5.41 Å². The summed E-state index contributed by atoms with van der Waals surface area (Å²) in [5, 5.41) is 16.6. The van der Waals surface area contributed by atoms with Gasteiger partial charge in [0.05, 0.1) is 51.7 Å². The number of hydrogen-bond donors (Lipinski definition) is 11. The Bertz CT molecular complexity index is 2370. The Morgan fingerprint density at radius 3 is 1.63 bits per heavy atom. The monoisotopic (exact) mass is 1080 g/mol. The first-order valence-corrected chi connectivity index (χ1v) is 25.0. The first-order chi connectivity index (χ1) is 36.1. The summed E-state index contributed by atoms with van der Waals surface area (Å²) in [7, 11) is 0. The quantitative estimate of drug-likeness (QED) is 0.0143. The molecule has 0 saturated heterocycles. The van der Waals surface area contributed by atoms with Gasteiger partial charge < -0.3 is 74.0 Å². The molecule has 4 aromatic rings. The number of benzene rings is 2. The van der Waals surface area contributed by atoms with Crippen molar-refractivity contribution in [1.82, 2.24) is 41.2 Å². The molecular weight excluding hydrogens is 1010 g/mol. The minimum Gasteiger partial charge on any atom is -0.494 e. The number of halogens is 2. The molecule has 412 valence electrons. The number of carbonyl (C=O) groups is 3. The third-order valence-electron chi connectivity index (χ3n) is 9.74. The molecule has 0 bridgehead atoms. The number of aromatic nitrogens is 4. The van der Waals surface area contributed by atoms with Crippen molar-refractivity contribution in [1.29, 1.82) is 5.41 Å². The first-order valence-electron chi connectivity index (χ1n) is 24.3. The van der Waals surface area contributed by atoms with Gasteiger partial charge in [-0.1, -0.05) is 67.9 Å². The predicted molar refractivity (Wildman–Crippen MR) is 294 cm³/mol. The molecule has 2 heterocycles. The number of unbranched alkanes of at least 4 members (excludes halogenated alkanes) is 2. The van der Waals surface area contributed by atoms with Crippen molar-refractivity contribution < 1.29 is 38.1 Å². The Kier molecular flexibility index (Phi) is 32.7. The lowest BCUT2D eigenvalue weighted by atomic mass is 10.1. The van der Waals surface area contributed by atoms with Gasteiger partial charge in [0.2, 0.25) is 0 Å². The number of amides is 3. The number of aryl methyl sites for hydroxylation is 2. The molecule has 2 aromatic carbocycles. The average Bonchev–Trinajstić information content (AvgIpc) is 3.39. The number of nitrogens with zero attached hydrogens (tertiary/aromatic N) is 5. The van der Waals surface area contributed by atoms with E-state index in [1.807, 2.05) is 43.3 Å². The van der Waals surface area contributed by atoms with Crippen LogP contribution in [0.1, 0.15) is 84.5 Å². The summed E-state index contributed by atoms with van der Waals surface area (Å²) in [6, 6.07) is 16.0. The Morgan fingerprint density at radius 1 is 0.613 bits per heavy atom. The Morgan fingerprint density at radius 2 is 1.08 bits per heavy atom. The molecule has 0 unspecified atom stereocenters. The third kappa shape index (κ3) is 27.6. The zero-order valence-corrected chi connectivity index (χ0v) is 44.3. The highest BCUT2D eigenvalue weighted by Crippen LogP contribution is 2.19. The zero-order valence-electron chi connectivity index (χ0n) is 42.8. The zero-order chi connectivity index (χ0) is 55.2. The van der Waals surface area contributed by atoms with Crippen LogP contribution in [-0.2, 0) is 31.8 Å². The van der Waals surface area contributed by atoms with Crippen molar-refractivity contribution in [2.24, 2.45) is 16.5 Å². The second-order valence-electron chi connectivity index (χ2n) is 15.8. The molecule has 0 atom stereocenters. The summed E-state index contributed by atoms with van der Waals surface area (Å²) in [4.78, 5) is 55.7. The fourth-order valence-corrected chi connectivity index (χ4v) is 6.28. The molecule has 3 amide bonds. The summed E-state index contributed by atoms with van der Waals surface area (Å²) < 4.78 is 27.6. The predicted octanol–water partition coefficient (Wildman–Crippen LogP) is 3.81. The minimum absolute atomic E-state index is 0.00632. The number of aliphatic imine (C=N–C) groups is 1.